The van der Waals surface area contributed by atoms with Crippen molar-refractivity contribution in [3.63, 3.8) is 0 Å². The van der Waals surface area contributed by atoms with Crippen LogP contribution in [0.15, 0.2) is 16.7 Å². The normalized spacial score (nSPS) is 12.3. The van der Waals surface area contributed by atoms with Crippen LogP contribution in [0, 0.1) is 30.2 Å². The third kappa shape index (κ3) is 2.85. The Morgan fingerprint density at radius 3 is 2.27 bits per heavy atom. The standard InChI is InChI=1S/C13H10BrF4N3O/c1-5-7(14)4-19-21(5)6(2)13(22)20-12-10(17)8(15)3-9(16)11(12)18/h3-4,6H,1-2H3,(H,20,22)/t6-/m1/s1. The van der Waals surface area contributed by atoms with Gasteiger partial charge in [-0.15, -0.1) is 0 Å². The second kappa shape index (κ2) is 6.07. The molecule has 0 aliphatic carbocycles. The zero-order valence-electron chi connectivity index (χ0n) is 11.4. The Hall–Kier alpha value is -1.90. The Bertz CT molecular complexity index is 721. The van der Waals surface area contributed by atoms with Crippen molar-refractivity contribution < 1.29 is 22.4 Å². The molecule has 22 heavy (non-hydrogen) atoms. The van der Waals surface area contributed by atoms with Gasteiger partial charge in [0.05, 0.1) is 16.4 Å². The summed E-state index contributed by atoms with van der Waals surface area (Å²) in [6, 6.07) is -0.880. The van der Waals surface area contributed by atoms with E-state index in [-0.39, 0.29) is 6.07 Å². The van der Waals surface area contributed by atoms with Crippen LogP contribution in [-0.4, -0.2) is 15.7 Å². The monoisotopic (exact) mass is 379 g/mol. The lowest BCUT2D eigenvalue weighted by Crippen LogP contribution is -2.26. The Morgan fingerprint density at radius 1 is 1.27 bits per heavy atom. The van der Waals surface area contributed by atoms with Gasteiger partial charge < -0.3 is 5.32 Å². The molecule has 2 aromatic rings. The number of aromatic nitrogens is 2. The van der Waals surface area contributed by atoms with Gasteiger partial charge in [0.1, 0.15) is 11.7 Å². The van der Waals surface area contributed by atoms with Crippen LogP contribution in [0.4, 0.5) is 23.2 Å². The van der Waals surface area contributed by atoms with Crippen molar-refractivity contribution in [3.8, 4) is 0 Å². The van der Waals surface area contributed by atoms with Crippen molar-refractivity contribution in [1.82, 2.24) is 9.78 Å². The number of rotatable bonds is 3. The summed E-state index contributed by atoms with van der Waals surface area (Å²) in [4.78, 5) is 12.0. The summed E-state index contributed by atoms with van der Waals surface area (Å²) in [5, 5.41) is 5.78. The topological polar surface area (TPSA) is 46.9 Å². The molecule has 0 bridgehead atoms. The first-order valence-electron chi connectivity index (χ1n) is 6.07. The van der Waals surface area contributed by atoms with Crippen molar-refractivity contribution in [1.29, 1.82) is 0 Å². The molecule has 0 spiro atoms. The minimum absolute atomic E-state index is 0.0680. The van der Waals surface area contributed by atoms with E-state index in [0.29, 0.717) is 10.2 Å². The highest BCUT2D eigenvalue weighted by Gasteiger charge is 2.24. The highest BCUT2D eigenvalue weighted by atomic mass is 79.9. The van der Waals surface area contributed by atoms with Gasteiger partial charge in [0.25, 0.3) is 0 Å². The van der Waals surface area contributed by atoms with Crippen molar-refractivity contribution in [2.24, 2.45) is 0 Å². The maximum atomic E-state index is 13.5. The number of hydrogen-bond acceptors (Lipinski definition) is 2. The highest BCUT2D eigenvalue weighted by molar-refractivity contribution is 9.10. The van der Waals surface area contributed by atoms with Crippen LogP contribution in [0.5, 0.6) is 0 Å². The molecule has 4 nitrogen and oxygen atoms in total. The third-order valence-electron chi connectivity index (χ3n) is 3.09. The fraction of sp³-hybridized carbons (Fsp3) is 0.231. The molecule has 0 fully saturated rings. The summed E-state index contributed by atoms with van der Waals surface area (Å²) in [6.45, 7) is 3.09. The Labute approximate surface area is 131 Å². The number of carbonyl (C=O) groups is 1. The summed E-state index contributed by atoms with van der Waals surface area (Å²) in [7, 11) is 0. The van der Waals surface area contributed by atoms with Gasteiger partial charge >= 0.3 is 0 Å². The van der Waals surface area contributed by atoms with E-state index in [0.717, 1.165) is 0 Å². The molecule has 1 heterocycles. The number of carbonyl (C=O) groups excluding carboxylic acids is 1. The van der Waals surface area contributed by atoms with Gasteiger partial charge in [0.15, 0.2) is 23.3 Å². The minimum Gasteiger partial charge on any atom is -0.319 e. The molecule has 1 atom stereocenters. The van der Waals surface area contributed by atoms with E-state index in [4.69, 9.17) is 0 Å². The van der Waals surface area contributed by atoms with Crippen molar-refractivity contribution in [2.75, 3.05) is 5.32 Å². The quantitative estimate of drug-likeness (QED) is 0.652. The maximum Gasteiger partial charge on any atom is 0.249 e. The van der Waals surface area contributed by atoms with Gasteiger partial charge in [-0.3, -0.25) is 9.48 Å². The number of anilines is 1. The second-order valence-corrected chi connectivity index (χ2v) is 5.39. The molecule has 1 aromatic carbocycles. The SMILES string of the molecule is Cc1c(Br)cnn1[C@H](C)C(=O)Nc1c(F)c(F)cc(F)c1F. The molecule has 0 aliphatic rings. The number of hydrogen-bond donors (Lipinski definition) is 1. The molecule has 2 rings (SSSR count). The summed E-state index contributed by atoms with van der Waals surface area (Å²) in [6.07, 6.45) is 1.45. The summed E-state index contributed by atoms with van der Waals surface area (Å²) in [5.41, 5.74) is -0.563. The van der Waals surface area contributed by atoms with E-state index in [2.05, 4.69) is 21.0 Å². The van der Waals surface area contributed by atoms with Crippen LogP contribution in [0.2, 0.25) is 0 Å². The molecular formula is C13H10BrF4N3O. The van der Waals surface area contributed by atoms with Crippen molar-refractivity contribution in [3.05, 3.63) is 45.7 Å². The predicted molar refractivity (Wildman–Crippen MR) is 74.3 cm³/mol. The van der Waals surface area contributed by atoms with Crippen LogP contribution in [0.25, 0.3) is 0 Å². The number of nitrogens with zero attached hydrogens (tertiary/aromatic N) is 2. The summed E-state index contributed by atoms with van der Waals surface area (Å²) in [5.74, 6) is -7.41. The number of nitrogens with one attached hydrogen (secondary N) is 1. The van der Waals surface area contributed by atoms with Gasteiger partial charge in [-0.1, -0.05) is 0 Å². The summed E-state index contributed by atoms with van der Waals surface area (Å²) < 4.78 is 55.2. The lowest BCUT2D eigenvalue weighted by Gasteiger charge is -2.15. The molecular weight excluding hydrogens is 370 g/mol. The van der Waals surface area contributed by atoms with E-state index in [1.165, 1.54) is 17.8 Å². The first kappa shape index (κ1) is 16.5. The maximum absolute atomic E-state index is 13.5. The van der Waals surface area contributed by atoms with Crippen LogP contribution in [0.3, 0.4) is 0 Å². The molecule has 0 saturated carbocycles. The van der Waals surface area contributed by atoms with Gasteiger partial charge in [-0.2, -0.15) is 5.10 Å². The predicted octanol–water partition coefficient (Wildman–Crippen LogP) is 3.71. The fourth-order valence-corrected chi connectivity index (χ4v) is 2.09. The Kier molecular flexibility index (Phi) is 4.55. The molecule has 1 aromatic heterocycles. The van der Waals surface area contributed by atoms with E-state index in [9.17, 15) is 22.4 Å². The largest absolute Gasteiger partial charge is 0.319 e. The Balaban J connectivity index is 2.32. The van der Waals surface area contributed by atoms with E-state index < -0.39 is 40.9 Å². The van der Waals surface area contributed by atoms with Gasteiger partial charge in [-0.05, 0) is 29.8 Å². The molecule has 0 saturated heterocycles. The molecule has 1 amide bonds. The van der Waals surface area contributed by atoms with Crippen LogP contribution in [0.1, 0.15) is 18.7 Å². The lowest BCUT2D eigenvalue weighted by atomic mass is 10.2. The van der Waals surface area contributed by atoms with Crippen LogP contribution < -0.4 is 5.32 Å². The number of amides is 1. The van der Waals surface area contributed by atoms with Crippen molar-refractivity contribution >= 4 is 27.5 Å². The molecule has 0 aliphatic heterocycles. The zero-order valence-corrected chi connectivity index (χ0v) is 13.0. The zero-order chi connectivity index (χ0) is 16.6. The lowest BCUT2D eigenvalue weighted by molar-refractivity contribution is -0.119. The van der Waals surface area contributed by atoms with E-state index >= 15 is 0 Å². The van der Waals surface area contributed by atoms with Gasteiger partial charge in [-0.25, -0.2) is 17.6 Å². The number of halogens is 5. The molecule has 118 valence electrons. The van der Waals surface area contributed by atoms with E-state index in [1.54, 1.807) is 6.92 Å². The summed E-state index contributed by atoms with van der Waals surface area (Å²) >= 11 is 3.21. The van der Waals surface area contributed by atoms with Gasteiger partial charge in [0, 0.05) is 6.07 Å². The molecule has 0 unspecified atom stereocenters. The minimum atomic E-state index is -1.67. The Morgan fingerprint density at radius 2 is 1.82 bits per heavy atom. The molecule has 0 radical (unpaired) electrons. The average molecular weight is 380 g/mol. The first-order chi connectivity index (χ1) is 10.2. The number of benzene rings is 1. The first-order valence-corrected chi connectivity index (χ1v) is 6.86. The van der Waals surface area contributed by atoms with E-state index in [1.807, 2.05) is 5.32 Å². The van der Waals surface area contributed by atoms with Gasteiger partial charge in [0.2, 0.25) is 5.91 Å². The van der Waals surface area contributed by atoms with Crippen molar-refractivity contribution in [2.45, 2.75) is 19.9 Å². The second-order valence-electron chi connectivity index (χ2n) is 4.53. The third-order valence-corrected chi connectivity index (χ3v) is 3.87. The average Bonchev–Trinajstić information content (AvgIpc) is 2.80. The fourth-order valence-electron chi connectivity index (χ4n) is 1.81. The smallest absolute Gasteiger partial charge is 0.249 e. The highest BCUT2D eigenvalue weighted by Crippen LogP contribution is 2.25. The molecule has 9 heteroatoms. The van der Waals surface area contributed by atoms with Crippen LogP contribution in [-0.2, 0) is 4.79 Å². The van der Waals surface area contributed by atoms with Crippen LogP contribution >= 0.6 is 15.9 Å². The molecule has 1 N–H and O–H groups in total.